The van der Waals surface area contributed by atoms with Crippen LogP contribution in [0.2, 0.25) is 0 Å². The first kappa shape index (κ1) is 21.0. The van der Waals surface area contributed by atoms with E-state index in [1.165, 1.54) is 0 Å². The number of carbonyl (C=O) groups excluding carboxylic acids is 1. The monoisotopic (exact) mass is 349 g/mol. The number of anilines is 1. The third-order valence-corrected chi connectivity index (χ3v) is 3.96. The minimum absolute atomic E-state index is 0.0115. The van der Waals surface area contributed by atoms with Crippen LogP contribution < -0.4 is 10.1 Å². The van der Waals surface area contributed by atoms with Crippen LogP contribution >= 0.6 is 0 Å². The lowest BCUT2D eigenvalue weighted by Gasteiger charge is -2.12. The number of hydrogen-bond acceptors (Lipinski definition) is 3. The lowest BCUT2D eigenvalue weighted by atomic mass is 10.1. The molecule has 0 saturated carbocycles. The predicted octanol–water partition coefficient (Wildman–Crippen LogP) is 5.01. The lowest BCUT2D eigenvalue weighted by molar-refractivity contribution is -0.137. The fourth-order valence-electron chi connectivity index (χ4n) is 2.50. The summed E-state index contributed by atoms with van der Waals surface area (Å²) in [5, 5.41) is 11.5. The summed E-state index contributed by atoms with van der Waals surface area (Å²) in [4.78, 5) is 22.5. The highest BCUT2D eigenvalue weighted by Crippen LogP contribution is 2.24. The fraction of sp³-hybridized carbons (Fsp3) is 0.600. The van der Waals surface area contributed by atoms with Crippen molar-refractivity contribution in [2.45, 2.75) is 71.1 Å². The molecular formula is C20H31NO4. The normalized spacial score (nSPS) is 10.4. The van der Waals surface area contributed by atoms with E-state index in [1.807, 2.05) is 24.3 Å². The molecule has 0 aliphatic rings. The smallest absolute Gasteiger partial charge is 0.303 e. The maximum atomic E-state index is 12.1. The van der Waals surface area contributed by atoms with E-state index in [9.17, 15) is 9.59 Å². The molecule has 140 valence electrons. The Bertz CT molecular complexity index is 516. The Morgan fingerprint density at radius 1 is 0.960 bits per heavy atom. The average Bonchev–Trinajstić information content (AvgIpc) is 2.58. The van der Waals surface area contributed by atoms with Crippen LogP contribution in [0.15, 0.2) is 24.3 Å². The number of carboxylic acids is 1. The molecule has 0 aliphatic carbocycles. The number of benzene rings is 1. The molecule has 5 nitrogen and oxygen atoms in total. The van der Waals surface area contributed by atoms with Gasteiger partial charge in [-0.25, -0.2) is 0 Å². The lowest BCUT2D eigenvalue weighted by Crippen LogP contribution is -2.12. The summed E-state index contributed by atoms with van der Waals surface area (Å²) >= 11 is 0. The molecule has 0 aliphatic heterocycles. The number of aliphatic carboxylic acids is 1. The Kier molecular flexibility index (Phi) is 11.2. The first-order valence-corrected chi connectivity index (χ1v) is 9.37. The molecule has 0 spiro atoms. The molecule has 1 aromatic rings. The van der Waals surface area contributed by atoms with E-state index in [1.54, 1.807) is 0 Å². The molecule has 5 heteroatoms. The van der Waals surface area contributed by atoms with Crippen molar-refractivity contribution in [1.82, 2.24) is 0 Å². The summed E-state index contributed by atoms with van der Waals surface area (Å²) in [6.07, 6.45) is 8.43. The number of amides is 1. The van der Waals surface area contributed by atoms with E-state index >= 15 is 0 Å². The second-order valence-corrected chi connectivity index (χ2v) is 6.26. The van der Waals surface area contributed by atoms with Crippen molar-refractivity contribution in [1.29, 1.82) is 0 Å². The standard InChI is InChI=1S/C20H31NO4/c1-2-3-16-25-18-13-11-10-12-17(18)21-19(22)14-8-6-4-5-7-9-15-20(23)24/h10-13H,2-9,14-16H2,1H3,(H,21,22)(H,23,24). The van der Waals surface area contributed by atoms with Gasteiger partial charge in [-0.1, -0.05) is 51.2 Å². The van der Waals surface area contributed by atoms with E-state index < -0.39 is 5.97 Å². The second kappa shape index (κ2) is 13.3. The van der Waals surface area contributed by atoms with Gasteiger partial charge in [-0.2, -0.15) is 0 Å². The number of unbranched alkanes of at least 4 members (excludes halogenated alkanes) is 6. The molecule has 1 rings (SSSR count). The predicted molar refractivity (Wildman–Crippen MR) is 100 cm³/mol. The van der Waals surface area contributed by atoms with Crippen molar-refractivity contribution in [3.05, 3.63) is 24.3 Å². The quantitative estimate of drug-likeness (QED) is 0.463. The maximum absolute atomic E-state index is 12.1. The fourth-order valence-corrected chi connectivity index (χ4v) is 2.50. The Balaban J connectivity index is 2.18. The summed E-state index contributed by atoms with van der Waals surface area (Å²) in [5.74, 6) is 0.00998. The van der Waals surface area contributed by atoms with E-state index in [4.69, 9.17) is 9.84 Å². The Labute approximate surface area is 150 Å². The highest BCUT2D eigenvalue weighted by atomic mass is 16.5. The van der Waals surface area contributed by atoms with Gasteiger partial charge in [0.15, 0.2) is 0 Å². The number of carboxylic acid groups (broad SMARTS) is 1. The molecule has 1 amide bonds. The van der Waals surface area contributed by atoms with Gasteiger partial charge in [-0.05, 0) is 31.4 Å². The SMILES string of the molecule is CCCCOc1ccccc1NC(=O)CCCCCCCCC(=O)O. The van der Waals surface area contributed by atoms with Crippen LogP contribution in [0.1, 0.15) is 71.1 Å². The number of rotatable bonds is 14. The van der Waals surface area contributed by atoms with Crippen LogP contribution in [-0.4, -0.2) is 23.6 Å². The maximum Gasteiger partial charge on any atom is 0.303 e. The minimum Gasteiger partial charge on any atom is -0.491 e. The summed E-state index contributed by atoms with van der Waals surface area (Å²) in [5.41, 5.74) is 0.734. The van der Waals surface area contributed by atoms with E-state index in [0.29, 0.717) is 13.0 Å². The molecule has 0 saturated heterocycles. The topological polar surface area (TPSA) is 75.6 Å². The number of ether oxygens (including phenoxy) is 1. The van der Waals surface area contributed by atoms with Crippen molar-refractivity contribution in [2.75, 3.05) is 11.9 Å². The molecule has 2 N–H and O–H groups in total. The van der Waals surface area contributed by atoms with Gasteiger partial charge in [0.25, 0.3) is 0 Å². The van der Waals surface area contributed by atoms with Gasteiger partial charge < -0.3 is 15.2 Å². The zero-order valence-corrected chi connectivity index (χ0v) is 15.3. The molecule has 0 fully saturated rings. The molecule has 25 heavy (non-hydrogen) atoms. The first-order valence-electron chi connectivity index (χ1n) is 9.37. The van der Waals surface area contributed by atoms with Gasteiger partial charge in [0, 0.05) is 12.8 Å². The largest absolute Gasteiger partial charge is 0.491 e. The number of carbonyl (C=O) groups is 2. The van der Waals surface area contributed by atoms with Crippen LogP contribution in [0.4, 0.5) is 5.69 Å². The highest BCUT2D eigenvalue weighted by Gasteiger charge is 2.07. The summed E-state index contributed by atoms with van der Waals surface area (Å²) in [7, 11) is 0. The Morgan fingerprint density at radius 2 is 1.60 bits per heavy atom. The van der Waals surface area contributed by atoms with Crippen LogP contribution in [-0.2, 0) is 9.59 Å². The molecule has 0 radical (unpaired) electrons. The van der Waals surface area contributed by atoms with E-state index in [2.05, 4.69) is 12.2 Å². The second-order valence-electron chi connectivity index (χ2n) is 6.26. The van der Waals surface area contributed by atoms with Gasteiger partial charge in [-0.15, -0.1) is 0 Å². The van der Waals surface area contributed by atoms with Crippen molar-refractivity contribution >= 4 is 17.6 Å². The highest BCUT2D eigenvalue weighted by molar-refractivity contribution is 5.92. The van der Waals surface area contributed by atoms with Gasteiger partial charge in [0.05, 0.1) is 12.3 Å². The van der Waals surface area contributed by atoms with Crippen LogP contribution in [0, 0.1) is 0 Å². The van der Waals surface area contributed by atoms with Crippen LogP contribution in [0.5, 0.6) is 5.75 Å². The summed E-state index contributed by atoms with van der Waals surface area (Å²) in [6, 6.07) is 7.53. The zero-order valence-electron chi connectivity index (χ0n) is 15.3. The number of nitrogens with one attached hydrogen (secondary N) is 1. The molecule has 0 unspecified atom stereocenters. The molecule has 1 aromatic carbocycles. The Hall–Kier alpha value is -2.04. The Morgan fingerprint density at radius 3 is 2.28 bits per heavy atom. The van der Waals surface area contributed by atoms with Crippen molar-refractivity contribution in [3.63, 3.8) is 0 Å². The summed E-state index contributed by atoms with van der Waals surface area (Å²) < 4.78 is 5.72. The van der Waals surface area contributed by atoms with Gasteiger partial charge in [0.1, 0.15) is 5.75 Å². The van der Waals surface area contributed by atoms with Crippen LogP contribution in [0.3, 0.4) is 0 Å². The molecule has 0 bridgehead atoms. The number of para-hydroxylation sites is 2. The molecule has 0 aromatic heterocycles. The average molecular weight is 349 g/mol. The van der Waals surface area contributed by atoms with Crippen LogP contribution in [0.25, 0.3) is 0 Å². The summed E-state index contributed by atoms with van der Waals surface area (Å²) in [6.45, 7) is 2.77. The van der Waals surface area contributed by atoms with Gasteiger partial charge in [0.2, 0.25) is 5.91 Å². The van der Waals surface area contributed by atoms with E-state index in [0.717, 1.165) is 62.8 Å². The van der Waals surface area contributed by atoms with Crippen molar-refractivity contribution < 1.29 is 19.4 Å². The third kappa shape index (κ3) is 10.4. The third-order valence-electron chi connectivity index (χ3n) is 3.96. The molecule has 0 heterocycles. The zero-order chi connectivity index (χ0) is 18.3. The van der Waals surface area contributed by atoms with E-state index in [-0.39, 0.29) is 12.3 Å². The van der Waals surface area contributed by atoms with Crippen molar-refractivity contribution in [2.24, 2.45) is 0 Å². The van der Waals surface area contributed by atoms with Gasteiger partial charge >= 0.3 is 5.97 Å². The number of hydrogen-bond donors (Lipinski definition) is 2. The molecule has 0 atom stereocenters. The van der Waals surface area contributed by atoms with Crippen molar-refractivity contribution in [3.8, 4) is 5.75 Å². The molecular weight excluding hydrogens is 318 g/mol. The van der Waals surface area contributed by atoms with Gasteiger partial charge in [-0.3, -0.25) is 9.59 Å². The minimum atomic E-state index is -0.726. The first-order chi connectivity index (χ1) is 12.1.